The van der Waals surface area contributed by atoms with Gasteiger partial charge < -0.3 is 15.4 Å². The zero-order valence-corrected chi connectivity index (χ0v) is 12.5. The number of ether oxygens (including phenoxy) is 1. The maximum atomic E-state index is 12.3. The largest absolute Gasteiger partial charge is 0.482 e. The van der Waals surface area contributed by atoms with Crippen LogP contribution in [0.4, 0.5) is 11.4 Å². The molecule has 2 aromatic rings. The van der Waals surface area contributed by atoms with Gasteiger partial charge in [0.1, 0.15) is 5.75 Å². The predicted molar refractivity (Wildman–Crippen MR) is 84.7 cm³/mol. The molecule has 3 rings (SSSR count). The number of benzene rings is 2. The van der Waals surface area contributed by atoms with Crippen LogP contribution in [0, 0.1) is 6.92 Å². The maximum absolute atomic E-state index is 12.3. The van der Waals surface area contributed by atoms with Crippen molar-refractivity contribution in [1.29, 1.82) is 0 Å². The number of anilines is 2. The molecule has 0 saturated carbocycles. The molecule has 0 radical (unpaired) electrons. The summed E-state index contributed by atoms with van der Waals surface area (Å²) in [7, 11) is 0. The minimum absolute atomic E-state index is 0.0557. The van der Waals surface area contributed by atoms with Crippen molar-refractivity contribution in [2.45, 2.75) is 6.92 Å². The van der Waals surface area contributed by atoms with Gasteiger partial charge in [-0.25, -0.2) is 0 Å². The monoisotopic (exact) mass is 316 g/mol. The third-order valence-electron chi connectivity index (χ3n) is 3.34. The van der Waals surface area contributed by atoms with E-state index in [9.17, 15) is 9.59 Å². The van der Waals surface area contributed by atoms with E-state index in [1.54, 1.807) is 24.3 Å². The highest BCUT2D eigenvalue weighted by Gasteiger charge is 2.19. The summed E-state index contributed by atoms with van der Waals surface area (Å²) in [6.45, 7) is 1.81. The van der Waals surface area contributed by atoms with E-state index in [2.05, 4.69) is 10.6 Å². The molecular formula is C16H13ClN2O3. The quantitative estimate of drug-likeness (QED) is 0.894. The fourth-order valence-electron chi connectivity index (χ4n) is 2.21. The number of hydrogen-bond acceptors (Lipinski definition) is 3. The second-order valence-corrected chi connectivity index (χ2v) is 5.34. The molecular weight excluding hydrogens is 304 g/mol. The minimum atomic E-state index is -0.250. The molecule has 112 valence electrons. The normalized spacial score (nSPS) is 12.9. The average molecular weight is 317 g/mol. The van der Waals surface area contributed by atoms with Gasteiger partial charge in [0.15, 0.2) is 6.61 Å². The molecule has 0 bridgehead atoms. The van der Waals surface area contributed by atoms with Gasteiger partial charge in [-0.15, -0.1) is 0 Å². The zero-order chi connectivity index (χ0) is 15.7. The summed E-state index contributed by atoms with van der Waals surface area (Å²) in [5.74, 6) is -0.0101. The van der Waals surface area contributed by atoms with Crippen molar-refractivity contribution < 1.29 is 14.3 Å². The number of nitrogens with one attached hydrogen (secondary N) is 2. The van der Waals surface area contributed by atoms with Crippen LogP contribution >= 0.6 is 11.6 Å². The number of amides is 2. The summed E-state index contributed by atoms with van der Waals surface area (Å²) in [6, 6.07) is 10.4. The Morgan fingerprint density at radius 2 is 2.09 bits per heavy atom. The van der Waals surface area contributed by atoms with E-state index in [0.717, 1.165) is 5.56 Å². The van der Waals surface area contributed by atoms with E-state index < -0.39 is 0 Å². The molecule has 2 aromatic carbocycles. The minimum Gasteiger partial charge on any atom is -0.482 e. The topological polar surface area (TPSA) is 67.4 Å². The highest BCUT2D eigenvalue weighted by molar-refractivity contribution is 6.34. The van der Waals surface area contributed by atoms with Crippen LogP contribution in [0.15, 0.2) is 36.4 Å². The number of aryl methyl sites for hydroxylation is 1. The molecule has 0 aliphatic carbocycles. The van der Waals surface area contributed by atoms with Crippen molar-refractivity contribution in [3.63, 3.8) is 0 Å². The van der Waals surface area contributed by atoms with Crippen LogP contribution < -0.4 is 15.4 Å². The first-order chi connectivity index (χ1) is 10.5. The molecule has 2 amide bonds. The van der Waals surface area contributed by atoms with Gasteiger partial charge in [-0.2, -0.15) is 0 Å². The molecule has 6 heteroatoms. The predicted octanol–water partition coefficient (Wildman–Crippen LogP) is 3.23. The maximum Gasteiger partial charge on any atom is 0.262 e. The summed E-state index contributed by atoms with van der Waals surface area (Å²) >= 11 is 6.16. The number of carbonyl (C=O) groups is 2. The number of hydrogen-bond donors (Lipinski definition) is 2. The van der Waals surface area contributed by atoms with Gasteiger partial charge in [-0.1, -0.05) is 29.8 Å². The average Bonchev–Trinajstić information content (AvgIpc) is 2.48. The van der Waals surface area contributed by atoms with E-state index in [1.807, 2.05) is 19.1 Å². The van der Waals surface area contributed by atoms with Crippen molar-refractivity contribution in [3.05, 3.63) is 52.5 Å². The third-order valence-corrected chi connectivity index (χ3v) is 3.65. The van der Waals surface area contributed by atoms with Crippen molar-refractivity contribution in [2.75, 3.05) is 17.2 Å². The smallest absolute Gasteiger partial charge is 0.262 e. The summed E-state index contributed by atoms with van der Waals surface area (Å²) in [6.07, 6.45) is 0. The molecule has 22 heavy (non-hydrogen) atoms. The lowest BCUT2D eigenvalue weighted by Crippen LogP contribution is -2.25. The Balaban J connectivity index is 1.88. The van der Waals surface area contributed by atoms with Crippen LogP contribution in [0.25, 0.3) is 0 Å². The summed E-state index contributed by atoms with van der Waals surface area (Å²) in [5, 5.41) is 5.75. The first-order valence-corrected chi connectivity index (χ1v) is 7.05. The lowest BCUT2D eigenvalue weighted by molar-refractivity contribution is -0.118. The Morgan fingerprint density at radius 1 is 1.32 bits per heavy atom. The van der Waals surface area contributed by atoms with E-state index >= 15 is 0 Å². The molecule has 0 aromatic heterocycles. The Morgan fingerprint density at radius 3 is 2.86 bits per heavy atom. The van der Waals surface area contributed by atoms with Crippen molar-refractivity contribution in [2.24, 2.45) is 0 Å². The molecule has 0 atom stereocenters. The zero-order valence-electron chi connectivity index (χ0n) is 11.8. The Labute approximate surface area is 132 Å². The van der Waals surface area contributed by atoms with Crippen molar-refractivity contribution in [3.8, 4) is 5.75 Å². The molecule has 1 aliphatic heterocycles. The van der Waals surface area contributed by atoms with Gasteiger partial charge in [0, 0.05) is 11.6 Å². The molecule has 0 unspecified atom stereocenters. The molecule has 1 aliphatic rings. The standard InChI is InChI=1S/C16H13ClN2O3/c1-9-4-2-3-5-10(9)16(21)19-12-7-14-13(6-11(12)17)18-15(20)8-22-14/h2-7H,8H2,1H3,(H,18,20)(H,19,21). The van der Waals surface area contributed by atoms with Crippen LogP contribution in [0.3, 0.4) is 0 Å². The highest BCUT2D eigenvalue weighted by Crippen LogP contribution is 2.36. The van der Waals surface area contributed by atoms with Gasteiger partial charge in [0.05, 0.1) is 16.4 Å². The Bertz CT molecular complexity index is 774. The summed E-state index contributed by atoms with van der Waals surface area (Å²) in [5.41, 5.74) is 2.38. The first-order valence-electron chi connectivity index (χ1n) is 6.68. The Hall–Kier alpha value is -2.53. The third kappa shape index (κ3) is 2.76. The van der Waals surface area contributed by atoms with Gasteiger partial charge in [-0.3, -0.25) is 9.59 Å². The van der Waals surface area contributed by atoms with E-state index in [-0.39, 0.29) is 18.4 Å². The molecule has 2 N–H and O–H groups in total. The van der Waals surface area contributed by atoms with Gasteiger partial charge in [0.2, 0.25) is 0 Å². The fourth-order valence-corrected chi connectivity index (χ4v) is 2.42. The van der Waals surface area contributed by atoms with Gasteiger partial charge in [0.25, 0.3) is 11.8 Å². The van der Waals surface area contributed by atoms with Gasteiger partial charge in [-0.05, 0) is 24.6 Å². The Kier molecular flexibility index (Phi) is 3.73. The van der Waals surface area contributed by atoms with Crippen molar-refractivity contribution >= 4 is 34.8 Å². The molecule has 5 nitrogen and oxygen atoms in total. The number of carbonyl (C=O) groups excluding carboxylic acids is 2. The van der Waals surface area contributed by atoms with Crippen LogP contribution in [0.2, 0.25) is 5.02 Å². The number of fused-ring (bicyclic) bond motifs is 1. The van der Waals surface area contributed by atoms with E-state index in [0.29, 0.717) is 27.7 Å². The molecule has 0 spiro atoms. The van der Waals surface area contributed by atoms with Crippen LogP contribution in [-0.4, -0.2) is 18.4 Å². The van der Waals surface area contributed by atoms with E-state index in [1.165, 1.54) is 0 Å². The van der Waals surface area contributed by atoms with E-state index in [4.69, 9.17) is 16.3 Å². The number of halogens is 1. The fraction of sp³-hybridized carbons (Fsp3) is 0.125. The lowest BCUT2D eigenvalue weighted by Gasteiger charge is -2.19. The second-order valence-electron chi connectivity index (χ2n) is 4.93. The number of rotatable bonds is 2. The second kappa shape index (κ2) is 5.69. The highest BCUT2D eigenvalue weighted by atomic mass is 35.5. The lowest BCUT2D eigenvalue weighted by atomic mass is 10.1. The van der Waals surface area contributed by atoms with Gasteiger partial charge >= 0.3 is 0 Å². The van der Waals surface area contributed by atoms with Crippen LogP contribution in [-0.2, 0) is 4.79 Å². The SMILES string of the molecule is Cc1ccccc1C(=O)Nc1cc2c(cc1Cl)NC(=O)CO2. The summed E-state index contributed by atoms with van der Waals surface area (Å²) < 4.78 is 5.32. The molecule has 0 fully saturated rings. The van der Waals surface area contributed by atoms with Crippen molar-refractivity contribution in [1.82, 2.24) is 0 Å². The first kappa shape index (κ1) is 14.4. The van der Waals surface area contributed by atoms with Crippen LogP contribution in [0.5, 0.6) is 5.75 Å². The molecule has 1 heterocycles. The van der Waals surface area contributed by atoms with Crippen LogP contribution in [0.1, 0.15) is 15.9 Å². The molecule has 0 saturated heterocycles. The summed E-state index contributed by atoms with van der Waals surface area (Å²) in [4.78, 5) is 23.6.